The molecule has 0 aliphatic carbocycles. The number of carbonyl (C=O) groups is 2. The van der Waals surface area contributed by atoms with Crippen molar-refractivity contribution in [2.24, 2.45) is 0 Å². The van der Waals surface area contributed by atoms with Gasteiger partial charge >= 0.3 is 5.97 Å². The van der Waals surface area contributed by atoms with Crippen LogP contribution in [0.15, 0.2) is 21.7 Å². The number of hydrogen-bond donors (Lipinski definition) is 2. The van der Waals surface area contributed by atoms with Gasteiger partial charge in [-0.3, -0.25) is 24.3 Å². The largest absolute Gasteiger partial charge is 0.480 e. The summed E-state index contributed by atoms with van der Waals surface area (Å²) >= 11 is 0. The van der Waals surface area contributed by atoms with Gasteiger partial charge in [-0.05, 0) is 14.1 Å². The van der Waals surface area contributed by atoms with E-state index in [4.69, 9.17) is 5.11 Å². The van der Waals surface area contributed by atoms with Crippen molar-refractivity contribution in [1.29, 1.82) is 0 Å². The highest BCUT2D eigenvalue weighted by molar-refractivity contribution is 5.81. The molecule has 2 N–H and O–H groups in total. The number of aromatic amines is 1. The van der Waals surface area contributed by atoms with E-state index in [0.717, 1.165) is 21.7 Å². The topological polar surface area (TPSA) is 116 Å². The molecule has 0 aromatic carbocycles. The Bertz CT molecular complexity index is 619. The van der Waals surface area contributed by atoms with E-state index < -0.39 is 36.1 Å². The summed E-state index contributed by atoms with van der Waals surface area (Å²) in [4.78, 5) is 48.5. The molecule has 1 rings (SSSR count). The summed E-state index contributed by atoms with van der Waals surface area (Å²) in [6.07, 6.45) is 0. The van der Waals surface area contributed by atoms with Crippen LogP contribution in [-0.4, -0.2) is 70.3 Å². The number of hydrogen-bond acceptors (Lipinski definition) is 5. The lowest BCUT2D eigenvalue weighted by Crippen LogP contribution is -2.43. The first kappa shape index (κ1) is 16.6. The van der Waals surface area contributed by atoms with E-state index in [9.17, 15) is 19.2 Å². The van der Waals surface area contributed by atoms with Crippen LogP contribution in [0.4, 0.5) is 0 Å². The van der Waals surface area contributed by atoms with Crippen LogP contribution in [0, 0.1) is 0 Å². The molecule has 0 saturated heterocycles. The van der Waals surface area contributed by atoms with E-state index in [0.29, 0.717) is 6.54 Å². The highest BCUT2D eigenvalue weighted by atomic mass is 16.4. The molecule has 0 radical (unpaired) electrons. The molecule has 1 aromatic rings. The van der Waals surface area contributed by atoms with E-state index in [2.05, 4.69) is 5.10 Å². The number of H-pyrrole nitrogens is 1. The van der Waals surface area contributed by atoms with Crippen molar-refractivity contribution in [2.75, 3.05) is 33.7 Å². The first-order valence-electron chi connectivity index (χ1n) is 6.24. The monoisotopic (exact) mass is 298 g/mol. The van der Waals surface area contributed by atoms with Gasteiger partial charge in [0.05, 0.1) is 0 Å². The van der Waals surface area contributed by atoms with Crippen LogP contribution in [0.2, 0.25) is 0 Å². The van der Waals surface area contributed by atoms with Crippen LogP contribution >= 0.6 is 0 Å². The zero-order chi connectivity index (χ0) is 16.0. The van der Waals surface area contributed by atoms with Gasteiger partial charge in [-0.2, -0.15) is 0 Å². The number of carbonyl (C=O) groups excluding carboxylic acids is 1. The third-order valence-corrected chi connectivity index (χ3v) is 2.68. The Balaban J connectivity index is 2.84. The van der Waals surface area contributed by atoms with Crippen LogP contribution in [0.25, 0.3) is 0 Å². The van der Waals surface area contributed by atoms with Gasteiger partial charge < -0.3 is 14.9 Å². The highest BCUT2D eigenvalue weighted by Gasteiger charge is 2.17. The molecule has 0 atom stereocenters. The van der Waals surface area contributed by atoms with Crippen molar-refractivity contribution in [3.05, 3.63) is 32.8 Å². The molecule has 0 unspecified atom stereocenters. The Hall–Kier alpha value is -2.42. The van der Waals surface area contributed by atoms with E-state index in [-0.39, 0.29) is 6.54 Å². The molecule has 0 aliphatic rings. The SMILES string of the molecule is CN(C)CCN(CC(=O)O)C(=O)Cn1[nH]c(=O)ccc1=O. The lowest BCUT2D eigenvalue weighted by atomic mass is 10.4. The average Bonchev–Trinajstić information content (AvgIpc) is 2.38. The molecule has 0 aliphatic heterocycles. The second kappa shape index (κ2) is 7.39. The van der Waals surface area contributed by atoms with Crippen molar-refractivity contribution in [2.45, 2.75) is 6.54 Å². The number of likely N-dealkylation sites (N-methyl/N-ethyl adjacent to an activating group) is 1. The van der Waals surface area contributed by atoms with Gasteiger partial charge in [-0.15, -0.1) is 0 Å². The lowest BCUT2D eigenvalue weighted by molar-refractivity contribution is -0.145. The smallest absolute Gasteiger partial charge is 0.323 e. The number of amides is 1. The predicted octanol–water partition coefficient (Wildman–Crippen LogP) is -1.99. The minimum absolute atomic E-state index is 0.212. The van der Waals surface area contributed by atoms with Crippen molar-refractivity contribution in [3.8, 4) is 0 Å². The summed E-state index contributed by atoms with van der Waals surface area (Å²) in [5, 5.41) is 11.1. The average molecular weight is 298 g/mol. The number of nitrogens with zero attached hydrogens (tertiary/aromatic N) is 3. The standard InChI is InChI=1S/C12H18N4O5/c1-14(2)5-6-15(8-12(20)21)11(19)7-16-10(18)4-3-9(17)13-16/h3-4H,5-8H2,1-2H3,(H,13,17)(H,20,21). The van der Waals surface area contributed by atoms with E-state index in [1.165, 1.54) is 0 Å². The molecule has 116 valence electrons. The Morgan fingerprint density at radius 2 is 1.90 bits per heavy atom. The Labute approximate surface area is 120 Å². The number of carboxylic acids is 1. The minimum atomic E-state index is -1.14. The highest BCUT2D eigenvalue weighted by Crippen LogP contribution is 1.93. The van der Waals surface area contributed by atoms with Crippen LogP contribution in [-0.2, 0) is 16.1 Å². The van der Waals surface area contributed by atoms with Gasteiger partial charge in [-0.25, -0.2) is 4.68 Å². The fourth-order valence-corrected chi connectivity index (χ4v) is 1.59. The van der Waals surface area contributed by atoms with Crippen LogP contribution in [0.5, 0.6) is 0 Å². The van der Waals surface area contributed by atoms with Gasteiger partial charge in [0, 0.05) is 25.2 Å². The van der Waals surface area contributed by atoms with Crippen LogP contribution in [0.1, 0.15) is 0 Å². The quantitative estimate of drug-likeness (QED) is 0.602. The van der Waals surface area contributed by atoms with Gasteiger partial charge in [-0.1, -0.05) is 0 Å². The van der Waals surface area contributed by atoms with Crippen LogP contribution < -0.4 is 11.1 Å². The third-order valence-electron chi connectivity index (χ3n) is 2.68. The molecule has 1 amide bonds. The molecular weight excluding hydrogens is 280 g/mol. The van der Waals surface area contributed by atoms with Gasteiger partial charge in [0.25, 0.3) is 11.1 Å². The number of rotatable bonds is 7. The molecule has 0 bridgehead atoms. The summed E-state index contributed by atoms with van der Waals surface area (Å²) in [6.45, 7) is -0.169. The summed E-state index contributed by atoms with van der Waals surface area (Å²) < 4.78 is 0.856. The maximum Gasteiger partial charge on any atom is 0.323 e. The number of carboxylic acid groups (broad SMARTS) is 1. The zero-order valence-corrected chi connectivity index (χ0v) is 11.9. The number of aliphatic carboxylic acids is 1. The maximum absolute atomic E-state index is 12.1. The van der Waals surface area contributed by atoms with Crippen molar-refractivity contribution >= 4 is 11.9 Å². The maximum atomic E-state index is 12.1. The van der Waals surface area contributed by atoms with Crippen molar-refractivity contribution in [1.82, 2.24) is 19.6 Å². The summed E-state index contributed by atoms with van der Waals surface area (Å²) in [6, 6.07) is 2.11. The van der Waals surface area contributed by atoms with Crippen molar-refractivity contribution < 1.29 is 14.7 Å². The molecule has 9 heteroatoms. The number of nitrogens with one attached hydrogen (secondary N) is 1. The summed E-state index contributed by atoms with van der Waals surface area (Å²) in [7, 11) is 3.59. The molecule has 0 spiro atoms. The second-order valence-corrected chi connectivity index (χ2v) is 4.75. The predicted molar refractivity (Wildman–Crippen MR) is 74.1 cm³/mol. The summed E-state index contributed by atoms with van der Waals surface area (Å²) in [5.74, 6) is -1.70. The zero-order valence-electron chi connectivity index (χ0n) is 11.9. The lowest BCUT2D eigenvalue weighted by Gasteiger charge is -2.22. The molecule has 21 heavy (non-hydrogen) atoms. The third kappa shape index (κ3) is 5.61. The first-order chi connectivity index (χ1) is 9.79. The fourth-order valence-electron chi connectivity index (χ4n) is 1.59. The molecule has 0 saturated carbocycles. The normalized spacial score (nSPS) is 10.6. The first-order valence-corrected chi connectivity index (χ1v) is 6.24. The van der Waals surface area contributed by atoms with E-state index >= 15 is 0 Å². The van der Waals surface area contributed by atoms with Gasteiger partial charge in [0.15, 0.2) is 0 Å². The Morgan fingerprint density at radius 3 is 2.48 bits per heavy atom. The molecule has 1 heterocycles. The van der Waals surface area contributed by atoms with Crippen LogP contribution in [0.3, 0.4) is 0 Å². The fraction of sp³-hybridized carbons (Fsp3) is 0.500. The Kier molecular flexibility index (Phi) is 5.85. The molecule has 0 fully saturated rings. The molecule has 9 nitrogen and oxygen atoms in total. The minimum Gasteiger partial charge on any atom is -0.480 e. The second-order valence-electron chi connectivity index (χ2n) is 4.75. The van der Waals surface area contributed by atoms with Gasteiger partial charge in [0.2, 0.25) is 5.91 Å². The Morgan fingerprint density at radius 1 is 1.24 bits per heavy atom. The van der Waals surface area contributed by atoms with Gasteiger partial charge in [0.1, 0.15) is 13.1 Å². The number of aromatic nitrogens is 2. The summed E-state index contributed by atoms with van der Waals surface area (Å²) in [5.41, 5.74) is -1.05. The van der Waals surface area contributed by atoms with E-state index in [1.807, 2.05) is 0 Å². The van der Waals surface area contributed by atoms with Crippen molar-refractivity contribution in [3.63, 3.8) is 0 Å². The van der Waals surface area contributed by atoms with E-state index in [1.54, 1.807) is 19.0 Å². The molecule has 1 aromatic heterocycles. The molecular formula is C12H18N4O5.